The van der Waals surface area contributed by atoms with E-state index < -0.39 is 5.63 Å². The first-order valence-electron chi connectivity index (χ1n) is 8.21. The highest BCUT2D eigenvalue weighted by molar-refractivity contribution is 5.93. The van der Waals surface area contributed by atoms with Crippen LogP contribution in [0.1, 0.15) is 11.5 Å². The van der Waals surface area contributed by atoms with Crippen LogP contribution in [0.2, 0.25) is 0 Å². The van der Waals surface area contributed by atoms with Gasteiger partial charge in [0.25, 0.3) is 0 Å². The number of aromatic nitrogens is 3. The van der Waals surface area contributed by atoms with E-state index in [4.69, 9.17) is 8.94 Å². The minimum Gasteiger partial charge on any atom is -0.506 e. The normalized spacial score (nSPS) is 11.4. The fourth-order valence-corrected chi connectivity index (χ4v) is 2.53. The lowest BCUT2D eigenvalue weighted by molar-refractivity contribution is 0.380. The molecule has 3 aromatic heterocycles. The number of hydrogen-bond acceptors (Lipinski definition) is 8. The molecule has 0 aliphatic rings. The summed E-state index contributed by atoms with van der Waals surface area (Å²) in [5.74, 6) is 0.658. The van der Waals surface area contributed by atoms with Gasteiger partial charge in [0.05, 0.1) is 5.39 Å². The number of fused-ring (bicyclic) bond motifs is 1. The van der Waals surface area contributed by atoms with Crippen molar-refractivity contribution in [1.82, 2.24) is 15.1 Å². The van der Waals surface area contributed by atoms with Crippen LogP contribution < -0.4 is 5.63 Å². The zero-order valence-corrected chi connectivity index (χ0v) is 14.1. The van der Waals surface area contributed by atoms with Crippen molar-refractivity contribution in [2.75, 3.05) is 6.54 Å². The summed E-state index contributed by atoms with van der Waals surface area (Å²) in [6.45, 7) is 0.301. The molecular formula is C19H14N4O4. The summed E-state index contributed by atoms with van der Waals surface area (Å²) in [6, 6.07) is 12.2. The summed E-state index contributed by atoms with van der Waals surface area (Å²) in [5.41, 5.74) is 0.304. The minimum absolute atomic E-state index is 0.00778. The molecule has 1 aromatic carbocycles. The van der Waals surface area contributed by atoms with Crippen LogP contribution in [0.25, 0.3) is 22.5 Å². The molecule has 0 aliphatic carbocycles. The smallest absolute Gasteiger partial charge is 0.348 e. The fraction of sp³-hybridized carbons (Fsp3) is 0.105. The third-order valence-electron chi connectivity index (χ3n) is 3.86. The quantitative estimate of drug-likeness (QED) is 0.428. The Balaban J connectivity index is 1.47. The van der Waals surface area contributed by atoms with E-state index in [-0.39, 0.29) is 11.3 Å². The zero-order chi connectivity index (χ0) is 18.6. The Hall–Kier alpha value is -3.81. The average Bonchev–Trinajstić information content (AvgIpc) is 3.17. The van der Waals surface area contributed by atoms with E-state index in [1.165, 1.54) is 6.21 Å². The third-order valence-corrected chi connectivity index (χ3v) is 3.86. The van der Waals surface area contributed by atoms with Gasteiger partial charge in [0.2, 0.25) is 11.7 Å². The number of nitrogens with zero attached hydrogens (tertiary/aromatic N) is 4. The monoisotopic (exact) mass is 362 g/mol. The van der Waals surface area contributed by atoms with Gasteiger partial charge in [0.1, 0.15) is 22.6 Å². The molecule has 8 nitrogen and oxygen atoms in total. The summed E-state index contributed by atoms with van der Waals surface area (Å²) in [4.78, 5) is 24.6. The second-order valence-electron chi connectivity index (χ2n) is 5.66. The second-order valence-corrected chi connectivity index (χ2v) is 5.66. The van der Waals surface area contributed by atoms with Gasteiger partial charge in [0.15, 0.2) is 0 Å². The van der Waals surface area contributed by atoms with Crippen LogP contribution in [0.3, 0.4) is 0 Å². The minimum atomic E-state index is -0.648. The lowest BCUT2D eigenvalue weighted by Gasteiger charge is -2.01. The second kappa shape index (κ2) is 7.20. The Morgan fingerprint density at radius 1 is 1.15 bits per heavy atom. The summed E-state index contributed by atoms with van der Waals surface area (Å²) >= 11 is 0. The molecule has 134 valence electrons. The highest BCUT2D eigenvalue weighted by atomic mass is 16.5. The largest absolute Gasteiger partial charge is 0.506 e. The first kappa shape index (κ1) is 16.6. The summed E-state index contributed by atoms with van der Waals surface area (Å²) in [7, 11) is 0. The Morgan fingerprint density at radius 2 is 2.00 bits per heavy atom. The van der Waals surface area contributed by atoms with Crippen molar-refractivity contribution in [2.45, 2.75) is 6.42 Å². The highest BCUT2D eigenvalue weighted by Gasteiger charge is 2.12. The van der Waals surface area contributed by atoms with Crippen LogP contribution in [0, 0.1) is 0 Å². The molecule has 4 aromatic rings. The molecule has 3 heterocycles. The predicted octanol–water partition coefficient (Wildman–Crippen LogP) is 2.61. The van der Waals surface area contributed by atoms with Crippen LogP contribution >= 0.6 is 0 Å². The van der Waals surface area contributed by atoms with Crippen LogP contribution in [-0.4, -0.2) is 33.0 Å². The molecule has 0 fully saturated rings. The Labute approximate surface area is 152 Å². The van der Waals surface area contributed by atoms with E-state index in [1.807, 2.05) is 6.07 Å². The maximum Gasteiger partial charge on any atom is 0.348 e. The maximum atomic E-state index is 12.0. The number of benzene rings is 1. The summed E-state index contributed by atoms with van der Waals surface area (Å²) in [6.07, 6.45) is 3.33. The van der Waals surface area contributed by atoms with Crippen molar-refractivity contribution in [3.8, 4) is 17.3 Å². The molecule has 0 unspecified atom stereocenters. The number of pyridine rings is 1. The average molecular weight is 362 g/mol. The van der Waals surface area contributed by atoms with Gasteiger partial charge in [-0.3, -0.25) is 9.98 Å². The molecular weight excluding hydrogens is 348 g/mol. The van der Waals surface area contributed by atoms with E-state index in [0.29, 0.717) is 41.3 Å². The zero-order valence-electron chi connectivity index (χ0n) is 14.1. The SMILES string of the molecule is O=c1oc2ccccc2c(O)c1C=NCCc1nc(-c2ccccn2)no1. The van der Waals surface area contributed by atoms with E-state index in [2.05, 4.69) is 20.1 Å². The van der Waals surface area contributed by atoms with Crippen molar-refractivity contribution < 1.29 is 14.0 Å². The molecule has 8 heteroatoms. The van der Waals surface area contributed by atoms with E-state index in [1.54, 1.807) is 42.6 Å². The summed E-state index contributed by atoms with van der Waals surface area (Å²) in [5, 5.41) is 14.6. The number of para-hydroxylation sites is 1. The Bertz CT molecular complexity index is 1170. The van der Waals surface area contributed by atoms with E-state index >= 15 is 0 Å². The lowest BCUT2D eigenvalue weighted by atomic mass is 10.1. The van der Waals surface area contributed by atoms with Crippen molar-refractivity contribution >= 4 is 17.2 Å². The number of hydrogen-bond donors (Lipinski definition) is 1. The number of aromatic hydroxyl groups is 1. The molecule has 0 atom stereocenters. The molecule has 0 aliphatic heterocycles. The van der Waals surface area contributed by atoms with Crippen molar-refractivity contribution in [3.05, 3.63) is 70.5 Å². The molecule has 4 rings (SSSR count). The molecule has 0 bridgehead atoms. The molecule has 0 radical (unpaired) electrons. The Kier molecular flexibility index (Phi) is 4.44. The van der Waals surface area contributed by atoms with Gasteiger partial charge in [-0.15, -0.1) is 0 Å². The van der Waals surface area contributed by atoms with Gasteiger partial charge >= 0.3 is 5.63 Å². The van der Waals surface area contributed by atoms with Crippen LogP contribution in [0.5, 0.6) is 5.75 Å². The lowest BCUT2D eigenvalue weighted by Crippen LogP contribution is -2.07. The fourth-order valence-electron chi connectivity index (χ4n) is 2.53. The first-order chi connectivity index (χ1) is 13.2. The van der Waals surface area contributed by atoms with Crippen molar-refractivity contribution in [3.63, 3.8) is 0 Å². The third kappa shape index (κ3) is 3.45. The van der Waals surface area contributed by atoms with Gasteiger partial charge in [-0.1, -0.05) is 23.4 Å². The molecule has 0 saturated heterocycles. The van der Waals surface area contributed by atoms with Gasteiger partial charge in [-0.2, -0.15) is 4.98 Å². The van der Waals surface area contributed by atoms with Gasteiger partial charge < -0.3 is 14.0 Å². The molecule has 0 amide bonds. The summed E-state index contributed by atoms with van der Waals surface area (Å²) < 4.78 is 10.4. The molecule has 0 spiro atoms. The van der Waals surface area contributed by atoms with Gasteiger partial charge in [0, 0.05) is 25.4 Å². The maximum absolute atomic E-state index is 12.0. The van der Waals surface area contributed by atoms with Crippen molar-refractivity contribution in [1.29, 1.82) is 0 Å². The number of aliphatic imine (C=N–C) groups is 1. The van der Waals surface area contributed by atoms with Gasteiger partial charge in [-0.25, -0.2) is 4.79 Å². The van der Waals surface area contributed by atoms with Crippen LogP contribution in [0.15, 0.2) is 67.4 Å². The molecule has 0 saturated carbocycles. The van der Waals surface area contributed by atoms with Crippen molar-refractivity contribution in [2.24, 2.45) is 4.99 Å². The Morgan fingerprint density at radius 3 is 2.85 bits per heavy atom. The van der Waals surface area contributed by atoms with Gasteiger partial charge in [-0.05, 0) is 24.3 Å². The first-order valence-corrected chi connectivity index (χ1v) is 8.21. The molecule has 27 heavy (non-hydrogen) atoms. The van der Waals surface area contributed by atoms with Crippen LogP contribution in [-0.2, 0) is 6.42 Å². The topological polar surface area (TPSA) is 115 Å². The molecule has 1 N–H and O–H groups in total. The number of rotatable bonds is 5. The highest BCUT2D eigenvalue weighted by Crippen LogP contribution is 2.24. The van der Waals surface area contributed by atoms with Crippen LogP contribution in [0.4, 0.5) is 0 Å². The standard InChI is InChI=1S/C19H14N4O4/c24-17-12-5-1-2-7-15(12)26-19(25)13(17)11-20-10-8-16-22-18(23-27-16)14-6-3-4-9-21-14/h1-7,9,11,24H,8,10H2. The van der Waals surface area contributed by atoms with E-state index in [0.717, 1.165) is 0 Å². The predicted molar refractivity (Wildman–Crippen MR) is 97.8 cm³/mol. The van der Waals surface area contributed by atoms with E-state index in [9.17, 15) is 9.90 Å².